The summed E-state index contributed by atoms with van der Waals surface area (Å²) in [5, 5.41) is 0. The van der Waals surface area contributed by atoms with Crippen molar-refractivity contribution in [3.05, 3.63) is 64.6 Å². The third kappa shape index (κ3) is 4.36. The largest absolute Gasteiger partial charge is 0.485 e. The van der Waals surface area contributed by atoms with Gasteiger partial charge in [-0.1, -0.05) is 42.5 Å². The molecule has 1 unspecified atom stereocenters. The molecule has 20 heavy (non-hydrogen) atoms. The van der Waals surface area contributed by atoms with Crippen LogP contribution in [0.3, 0.4) is 0 Å². The highest BCUT2D eigenvalue weighted by Crippen LogP contribution is 2.30. The molecule has 0 N–H and O–H groups in total. The number of rotatable bonds is 6. The van der Waals surface area contributed by atoms with Gasteiger partial charge in [-0.15, -0.1) is 0 Å². The van der Waals surface area contributed by atoms with E-state index in [9.17, 15) is 0 Å². The Kier molecular flexibility index (Phi) is 5.62. The van der Waals surface area contributed by atoms with E-state index in [4.69, 9.17) is 4.74 Å². The minimum atomic E-state index is 0.0669. The first-order chi connectivity index (χ1) is 9.66. The summed E-state index contributed by atoms with van der Waals surface area (Å²) in [4.78, 5) is 2.18. The predicted molar refractivity (Wildman–Crippen MR) is 87.1 cm³/mol. The first kappa shape index (κ1) is 15.1. The van der Waals surface area contributed by atoms with Crippen LogP contribution in [0, 0.1) is 0 Å². The molecular formula is C17H20BrNO. The lowest BCUT2D eigenvalue weighted by atomic mass is 10.1. The molecule has 0 bridgehead atoms. The standard InChI is InChI=1S/C17H20BrNO/c1-19(2)13-12-16(14-8-4-3-5-9-14)20-17-11-7-6-10-15(17)18/h3-11,16H,12-13H2,1-2H3. The van der Waals surface area contributed by atoms with Crippen LogP contribution in [-0.4, -0.2) is 25.5 Å². The Hall–Kier alpha value is -1.32. The summed E-state index contributed by atoms with van der Waals surface area (Å²) < 4.78 is 7.20. The molecule has 0 heterocycles. The first-order valence-electron chi connectivity index (χ1n) is 6.77. The summed E-state index contributed by atoms with van der Waals surface area (Å²) in [6, 6.07) is 18.4. The molecule has 2 aromatic rings. The maximum atomic E-state index is 6.21. The molecule has 0 fully saturated rings. The molecule has 1 atom stereocenters. The Labute approximate surface area is 129 Å². The Balaban J connectivity index is 2.16. The van der Waals surface area contributed by atoms with Gasteiger partial charge in [-0.3, -0.25) is 0 Å². The summed E-state index contributed by atoms with van der Waals surface area (Å²) in [6.07, 6.45) is 1.02. The molecule has 3 heteroatoms. The van der Waals surface area contributed by atoms with E-state index in [-0.39, 0.29) is 6.10 Å². The van der Waals surface area contributed by atoms with Gasteiger partial charge in [-0.05, 0) is 47.7 Å². The highest BCUT2D eigenvalue weighted by molar-refractivity contribution is 9.10. The van der Waals surface area contributed by atoms with E-state index in [1.165, 1.54) is 5.56 Å². The fourth-order valence-electron chi connectivity index (χ4n) is 2.03. The summed E-state index contributed by atoms with van der Waals surface area (Å²) in [6.45, 7) is 0.990. The fraction of sp³-hybridized carbons (Fsp3) is 0.294. The lowest BCUT2D eigenvalue weighted by Crippen LogP contribution is -2.18. The normalized spacial score (nSPS) is 12.4. The number of halogens is 1. The second-order valence-corrected chi connectivity index (χ2v) is 5.89. The summed E-state index contributed by atoms with van der Waals surface area (Å²) in [5.41, 5.74) is 1.21. The molecule has 0 aliphatic carbocycles. The van der Waals surface area contributed by atoms with Gasteiger partial charge >= 0.3 is 0 Å². The van der Waals surface area contributed by atoms with Crippen LogP contribution in [-0.2, 0) is 0 Å². The summed E-state index contributed by atoms with van der Waals surface area (Å²) in [7, 11) is 4.17. The first-order valence-corrected chi connectivity index (χ1v) is 7.57. The van der Waals surface area contributed by atoms with Crippen LogP contribution in [0.2, 0.25) is 0 Å². The van der Waals surface area contributed by atoms with Crippen molar-refractivity contribution in [3.63, 3.8) is 0 Å². The zero-order valence-corrected chi connectivity index (χ0v) is 13.5. The number of hydrogen-bond donors (Lipinski definition) is 0. The van der Waals surface area contributed by atoms with Crippen molar-refractivity contribution in [2.45, 2.75) is 12.5 Å². The number of benzene rings is 2. The van der Waals surface area contributed by atoms with E-state index < -0.39 is 0 Å². The predicted octanol–water partition coefficient (Wildman–Crippen LogP) is 4.52. The van der Waals surface area contributed by atoms with E-state index in [1.807, 2.05) is 30.3 Å². The summed E-state index contributed by atoms with van der Waals surface area (Å²) >= 11 is 3.54. The van der Waals surface area contributed by atoms with Crippen LogP contribution >= 0.6 is 15.9 Å². The molecule has 2 nitrogen and oxygen atoms in total. The average molecular weight is 334 g/mol. The van der Waals surface area contributed by atoms with Crippen molar-refractivity contribution >= 4 is 15.9 Å². The highest BCUT2D eigenvalue weighted by atomic mass is 79.9. The molecule has 0 saturated heterocycles. The van der Waals surface area contributed by atoms with Crippen LogP contribution in [0.15, 0.2) is 59.1 Å². The second kappa shape index (κ2) is 7.46. The van der Waals surface area contributed by atoms with Gasteiger partial charge in [-0.25, -0.2) is 0 Å². The van der Waals surface area contributed by atoms with Crippen LogP contribution in [0.25, 0.3) is 0 Å². The summed E-state index contributed by atoms with van der Waals surface area (Å²) in [5.74, 6) is 0.889. The maximum Gasteiger partial charge on any atom is 0.134 e. The Morgan fingerprint density at radius 2 is 1.65 bits per heavy atom. The number of hydrogen-bond acceptors (Lipinski definition) is 2. The van der Waals surface area contributed by atoms with Crippen molar-refractivity contribution in [1.29, 1.82) is 0 Å². The monoisotopic (exact) mass is 333 g/mol. The molecule has 0 aromatic heterocycles. The molecule has 2 rings (SSSR count). The minimum Gasteiger partial charge on any atom is -0.485 e. The van der Waals surface area contributed by atoms with Gasteiger partial charge in [0.2, 0.25) is 0 Å². The third-order valence-corrected chi connectivity index (χ3v) is 3.77. The zero-order valence-electron chi connectivity index (χ0n) is 11.9. The molecular weight excluding hydrogens is 314 g/mol. The Bertz CT molecular complexity index is 528. The second-order valence-electron chi connectivity index (χ2n) is 5.04. The quantitative estimate of drug-likeness (QED) is 0.770. The van der Waals surface area contributed by atoms with Crippen LogP contribution in [0.1, 0.15) is 18.1 Å². The van der Waals surface area contributed by atoms with Gasteiger partial charge in [0.15, 0.2) is 0 Å². The molecule has 0 saturated carbocycles. The van der Waals surface area contributed by atoms with E-state index in [2.05, 4.69) is 59.2 Å². The smallest absolute Gasteiger partial charge is 0.134 e. The van der Waals surface area contributed by atoms with Gasteiger partial charge in [0, 0.05) is 13.0 Å². The van der Waals surface area contributed by atoms with Crippen molar-refractivity contribution in [2.75, 3.05) is 20.6 Å². The van der Waals surface area contributed by atoms with E-state index in [0.717, 1.165) is 23.2 Å². The minimum absolute atomic E-state index is 0.0669. The molecule has 2 aromatic carbocycles. The van der Waals surface area contributed by atoms with Crippen molar-refractivity contribution in [3.8, 4) is 5.75 Å². The Morgan fingerprint density at radius 3 is 2.30 bits per heavy atom. The van der Waals surface area contributed by atoms with Gasteiger partial charge < -0.3 is 9.64 Å². The third-order valence-electron chi connectivity index (χ3n) is 3.12. The molecule has 0 aliphatic rings. The molecule has 0 aliphatic heterocycles. The van der Waals surface area contributed by atoms with Crippen molar-refractivity contribution in [1.82, 2.24) is 4.90 Å². The lowest BCUT2D eigenvalue weighted by Gasteiger charge is -2.22. The highest BCUT2D eigenvalue weighted by Gasteiger charge is 2.14. The number of ether oxygens (including phenoxy) is 1. The van der Waals surface area contributed by atoms with E-state index in [1.54, 1.807) is 0 Å². The van der Waals surface area contributed by atoms with Crippen LogP contribution in [0.5, 0.6) is 5.75 Å². The fourth-order valence-corrected chi connectivity index (χ4v) is 2.41. The SMILES string of the molecule is CN(C)CCC(Oc1ccccc1Br)c1ccccc1. The Morgan fingerprint density at radius 1 is 1.00 bits per heavy atom. The molecule has 106 valence electrons. The van der Waals surface area contributed by atoms with Gasteiger partial charge in [0.25, 0.3) is 0 Å². The van der Waals surface area contributed by atoms with Crippen LogP contribution < -0.4 is 4.74 Å². The van der Waals surface area contributed by atoms with Gasteiger partial charge in [0.05, 0.1) is 4.47 Å². The maximum absolute atomic E-state index is 6.21. The van der Waals surface area contributed by atoms with Gasteiger partial charge in [-0.2, -0.15) is 0 Å². The molecule has 0 radical (unpaired) electrons. The van der Waals surface area contributed by atoms with E-state index in [0.29, 0.717) is 0 Å². The topological polar surface area (TPSA) is 12.5 Å². The molecule has 0 amide bonds. The average Bonchev–Trinajstić information content (AvgIpc) is 2.46. The zero-order chi connectivity index (χ0) is 14.4. The number of nitrogens with zero attached hydrogens (tertiary/aromatic N) is 1. The van der Waals surface area contributed by atoms with E-state index >= 15 is 0 Å². The molecule has 0 spiro atoms. The van der Waals surface area contributed by atoms with Gasteiger partial charge in [0.1, 0.15) is 11.9 Å². The number of para-hydroxylation sites is 1. The van der Waals surface area contributed by atoms with Crippen LogP contribution in [0.4, 0.5) is 0 Å². The van der Waals surface area contributed by atoms with Crippen molar-refractivity contribution < 1.29 is 4.74 Å². The lowest BCUT2D eigenvalue weighted by molar-refractivity contribution is 0.178. The van der Waals surface area contributed by atoms with Crippen molar-refractivity contribution in [2.24, 2.45) is 0 Å².